The number of benzene rings is 2. The van der Waals surface area contributed by atoms with Gasteiger partial charge in [0.2, 0.25) is 5.91 Å². The number of anilines is 1. The van der Waals surface area contributed by atoms with Gasteiger partial charge in [-0.25, -0.2) is 4.98 Å². The largest absolute Gasteiger partial charge is 0.326 e. The summed E-state index contributed by atoms with van der Waals surface area (Å²) in [7, 11) is 0. The molecule has 2 aromatic heterocycles. The van der Waals surface area contributed by atoms with Crippen LogP contribution >= 0.6 is 11.3 Å². The highest BCUT2D eigenvalue weighted by Gasteiger charge is 2.34. The maximum absolute atomic E-state index is 12.5. The van der Waals surface area contributed by atoms with Crippen LogP contribution in [-0.4, -0.2) is 39.1 Å². The van der Waals surface area contributed by atoms with Crippen LogP contribution in [0.25, 0.3) is 21.8 Å². The second kappa shape index (κ2) is 10.6. The van der Waals surface area contributed by atoms with E-state index < -0.39 is 0 Å². The molecule has 7 nitrogen and oxygen atoms in total. The van der Waals surface area contributed by atoms with Gasteiger partial charge in [-0.1, -0.05) is 30.7 Å². The first-order valence-corrected chi connectivity index (χ1v) is 12.7. The van der Waals surface area contributed by atoms with Crippen molar-refractivity contribution in [3.63, 3.8) is 0 Å². The molecule has 0 radical (unpaired) electrons. The van der Waals surface area contributed by atoms with Crippen molar-refractivity contribution in [3.8, 4) is 21.8 Å². The summed E-state index contributed by atoms with van der Waals surface area (Å²) in [5.41, 5.74) is 4.41. The highest BCUT2D eigenvalue weighted by atomic mass is 32.1. The third-order valence-corrected chi connectivity index (χ3v) is 6.91. The van der Waals surface area contributed by atoms with Crippen LogP contribution in [-0.2, 0) is 4.79 Å². The number of carbonyl (C=O) groups excluding carboxylic acids is 3. The Balaban J connectivity index is 1.09. The van der Waals surface area contributed by atoms with Gasteiger partial charge in [0.1, 0.15) is 5.01 Å². The molecular formula is C28H24N4O3S. The molecule has 0 spiro atoms. The standard InChI is InChI=1S/C28H24N4O3S/c33-25(13-2-1-5-15-32-27(34)22-11-3-4-12-23(22)28(32)35)30-21-10-6-8-19(16-21)24-18-36-26(31-24)20-9-7-14-29-17-20/h3-4,6-12,14,16-18H,1-2,5,13,15H2,(H,30,33). The summed E-state index contributed by atoms with van der Waals surface area (Å²) in [4.78, 5) is 47.5. The van der Waals surface area contributed by atoms with E-state index in [1.165, 1.54) is 4.90 Å². The van der Waals surface area contributed by atoms with Crippen LogP contribution in [0.4, 0.5) is 5.69 Å². The summed E-state index contributed by atoms with van der Waals surface area (Å²) in [6.45, 7) is 0.366. The van der Waals surface area contributed by atoms with Crippen LogP contribution in [0.15, 0.2) is 78.4 Å². The Morgan fingerprint density at radius 1 is 0.889 bits per heavy atom. The summed E-state index contributed by atoms with van der Waals surface area (Å²) >= 11 is 1.55. The lowest BCUT2D eigenvalue weighted by Crippen LogP contribution is -2.30. The lowest BCUT2D eigenvalue weighted by molar-refractivity contribution is -0.116. The van der Waals surface area contributed by atoms with Gasteiger partial charge in [0.05, 0.1) is 16.8 Å². The van der Waals surface area contributed by atoms with E-state index in [0.717, 1.165) is 33.9 Å². The van der Waals surface area contributed by atoms with Gasteiger partial charge < -0.3 is 5.32 Å². The fourth-order valence-corrected chi connectivity index (χ4v) is 5.00. The minimum absolute atomic E-state index is 0.0674. The molecule has 0 saturated heterocycles. The highest BCUT2D eigenvalue weighted by molar-refractivity contribution is 7.13. The predicted octanol–water partition coefficient (Wildman–Crippen LogP) is 5.67. The first-order chi connectivity index (χ1) is 17.6. The fourth-order valence-electron chi connectivity index (χ4n) is 4.18. The SMILES string of the molecule is O=C(CCCCCN1C(=O)c2ccccc2C1=O)Nc1cccc(-c2csc(-c3cccnc3)n2)c1. The van der Waals surface area contributed by atoms with Crippen molar-refractivity contribution in [1.82, 2.24) is 14.9 Å². The number of aromatic nitrogens is 2. The fraction of sp³-hybridized carbons (Fsp3) is 0.179. The number of hydrogen-bond donors (Lipinski definition) is 1. The summed E-state index contributed by atoms with van der Waals surface area (Å²) < 4.78 is 0. The maximum Gasteiger partial charge on any atom is 0.261 e. The Bertz CT molecular complexity index is 1380. The van der Waals surface area contributed by atoms with Crippen LogP contribution in [0.2, 0.25) is 0 Å². The van der Waals surface area contributed by atoms with Crippen LogP contribution in [0.1, 0.15) is 46.4 Å². The average Bonchev–Trinajstić information content (AvgIpc) is 3.49. The van der Waals surface area contributed by atoms with E-state index in [4.69, 9.17) is 4.98 Å². The van der Waals surface area contributed by atoms with Gasteiger partial charge in [-0.3, -0.25) is 24.3 Å². The van der Waals surface area contributed by atoms with E-state index in [9.17, 15) is 14.4 Å². The van der Waals surface area contributed by atoms with E-state index in [2.05, 4.69) is 10.3 Å². The van der Waals surface area contributed by atoms with Crippen molar-refractivity contribution >= 4 is 34.7 Å². The van der Waals surface area contributed by atoms with Crippen molar-refractivity contribution in [1.29, 1.82) is 0 Å². The zero-order valence-corrected chi connectivity index (χ0v) is 20.3. The molecule has 36 heavy (non-hydrogen) atoms. The molecule has 0 bridgehead atoms. The van der Waals surface area contributed by atoms with Gasteiger partial charge in [-0.2, -0.15) is 0 Å². The smallest absolute Gasteiger partial charge is 0.261 e. The van der Waals surface area contributed by atoms with Gasteiger partial charge in [0.15, 0.2) is 0 Å². The van der Waals surface area contributed by atoms with E-state index >= 15 is 0 Å². The first-order valence-electron chi connectivity index (χ1n) is 11.8. The monoisotopic (exact) mass is 496 g/mol. The predicted molar refractivity (Wildman–Crippen MR) is 140 cm³/mol. The number of unbranched alkanes of at least 4 members (excludes halogenated alkanes) is 2. The molecule has 0 aliphatic carbocycles. The molecule has 1 aliphatic heterocycles. The topological polar surface area (TPSA) is 92.3 Å². The minimum atomic E-state index is -0.235. The zero-order valence-electron chi connectivity index (χ0n) is 19.5. The van der Waals surface area contributed by atoms with Crippen LogP contribution in [0, 0.1) is 0 Å². The molecule has 1 aliphatic rings. The molecule has 3 heterocycles. The van der Waals surface area contributed by atoms with E-state index in [0.29, 0.717) is 36.9 Å². The average molecular weight is 497 g/mol. The van der Waals surface area contributed by atoms with Crippen LogP contribution < -0.4 is 5.32 Å². The van der Waals surface area contributed by atoms with Gasteiger partial charge >= 0.3 is 0 Å². The third-order valence-electron chi connectivity index (χ3n) is 6.02. The van der Waals surface area contributed by atoms with Crippen molar-refractivity contribution in [2.24, 2.45) is 0 Å². The molecule has 0 saturated carbocycles. The normalized spacial score (nSPS) is 12.6. The Kier molecular flexibility index (Phi) is 6.95. The van der Waals surface area contributed by atoms with E-state index in [1.54, 1.807) is 48.0 Å². The molecule has 180 valence electrons. The summed E-state index contributed by atoms with van der Waals surface area (Å²) in [6.07, 6.45) is 5.98. The second-order valence-electron chi connectivity index (χ2n) is 8.53. The zero-order chi connectivity index (χ0) is 24.9. The summed E-state index contributed by atoms with van der Waals surface area (Å²) in [5.74, 6) is -0.538. The highest BCUT2D eigenvalue weighted by Crippen LogP contribution is 2.29. The van der Waals surface area contributed by atoms with Crippen molar-refractivity contribution in [3.05, 3.63) is 89.6 Å². The number of carbonyl (C=O) groups is 3. The molecule has 4 aromatic rings. The third kappa shape index (κ3) is 5.08. The van der Waals surface area contributed by atoms with Gasteiger partial charge in [0.25, 0.3) is 11.8 Å². The van der Waals surface area contributed by atoms with Gasteiger partial charge in [-0.15, -0.1) is 11.3 Å². The molecule has 0 fully saturated rings. The molecule has 0 unspecified atom stereocenters. The Hall–Kier alpha value is -4.17. The quantitative estimate of drug-likeness (QED) is 0.238. The molecule has 1 N–H and O–H groups in total. The lowest BCUT2D eigenvalue weighted by Gasteiger charge is -2.13. The molecule has 0 atom stereocenters. The van der Waals surface area contributed by atoms with E-state index in [-0.39, 0.29) is 17.7 Å². The maximum atomic E-state index is 12.5. The molecular weight excluding hydrogens is 472 g/mol. The summed E-state index contributed by atoms with van der Waals surface area (Å²) in [6, 6.07) is 18.4. The minimum Gasteiger partial charge on any atom is -0.326 e. The van der Waals surface area contributed by atoms with Crippen molar-refractivity contribution < 1.29 is 14.4 Å². The number of amides is 3. The Labute approximate surface area is 212 Å². The first kappa shape index (κ1) is 23.6. The number of nitrogens with zero attached hydrogens (tertiary/aromatic N) is 3. The summed E-state index contributed by atoms with van der Waals surface area (Å²) in [5, 5.41) is 5.85. The number of hydrogen-bond acceptors (Lipinski definition) is 6. The number of rotatable bonds is 9. The van der Waals surface area contributed by atoms with Crippen molar-refractivity contribution in [2.75, 3.05) is 11.9 Å². The second-order valence-corrected chi connectivity index (χ2v) is 9.38. The molecule has 3 amide bonds. The Morgan fingerprint density at radius 3 is 2.42 bits per heavy atom. The van der Waals surface area contributed by atoms with Crippen LogP contribution in [0.5, 0.6) is 0 Å². The number of nitrogens with one attached hydrogen (secondary N) is 1. The molecule has 5 rings (SSSR count). The van der Waals surface area contributed by atoms with Gasteiger partial charge in [0, 0.05) is 47.6 Å². The Morgan fingerprint density at radius 2 is 1.67 bits per heavy atom. The molecule has 2 aromatic carbocycles. The van der Waals surface area contributed by atoms with Crippen LogP contribution in [0.3, 0.4) is 0 Å². The number of imide groups is 1. The van der Waals surface area contributed by atoms with E-state index in [1.807, 2.05) is 41.8 Å². The molecule has 8 heteroatoms. The lowest BCUT2D eigenvalue weighted by atomic mass is 10.1. The number of thiazole rings is 1. The number of fused-ring (bicyclic) bond motifs is 1. The number of pyridine rings is 1. The van der Waals surface area contributed by atoms with Gasteiger partial charge in [-0.05, 0) is 49.2 Å². The van der Waals surface area contributed by atoms with Crippen molar-refractivity contribution in [2.45, 2.75) is 25.7 Å².